The number of carboxylic acid groups (broad SMARTS) is 1. The monoisotopic (exact) mass is 261 g/mol. The summed E-state index contributed by atoms with van der Waals surface area (Å²) >= 11 is 0. The van der Waals surface area contributed by atoms with Crippen molar-refractivity contribution in [3.8, 4) is 0 Å². The quantitative estimate of drug-likeness (QED) is 0.694. The Morgan fingerprint density at radius 2 is 2.00 bits per heavy atom. The molecule has 6 nitrogen and oxygen atoms in total. The first-order valence-electron chi connectivity index (χ1n) is 5.60. The highest BCUT2D eigenvalue weighted by atomic mass is 32.2. The fraction of sp³-hybridized carbons (Fsp3) is 0.800. The molecule has 1 aliphatic carbocycles. The van der Waals surface area contributed by atoms with Gasteiger partial charge in [-0.1, -0.05) is 0 Å². The van der Waals surface area contributed by atoms with Crippen LogP contribution in [0.2, 0.25) is 0 Å². The zero-order valence-corrected chi connectivity index (χ0v) is 10.1. The maximum absolute atomic E-state index is 11.5. The highest BCUT2D eigenvalue weighted by molar-refractivity contribution is 7.91. The molecular formula is C10H15NO5S. The number of carboxylic acids is 1. The van der Waals surface area contributed by atoms with Gasteiger partial charge in [-0.25, -0.2) is 8.42 Å². The third kappa shape index (κ3) is 2.96. The molecule has 0 aromatic carbocycles. The van der Waals surface area contributed by atoms with Gasteiger partial charge in [0.15, 0.2) is 9.84 Å². The van der Waals surface area contributed by atoms with Crippen molar-refractivity contribution >= 4 is 21.7 Å². The minimum Gasteiger partial charge on any atom is -0.481 e. The Kier molecular flexibility index (Phi) is 3.11. The van der Waals surface area contributed by atoms with Crippen LogP contribution in [0.15, 0.2) is 0 Å². The van der Waals surface area contributed by atoms with E-state index in [2.05, 4.69) is 5.32 Å². The van der Waals surface area contributed by atoms with E-state index in [1.807, 2.05) is 0 Å². The summed E-state index contributed by atoms with van der Waals surface area (Å²) in [4.78, 5) is 22.1. The second-order valence-corrected chi connectivity index (χ2v) is 7.03. The Morgan fingerprint density at radius 1 is 1.29 bits per heavy atom. The van der Waals surface area contributed by atoms with Gasteiger partial charge in [0.1, 0.15) is 0 Å². The summed E-state index contributed by atoms with van der Waals surface area (Å²) in [7, 11) is -2.92. The van der Waals surface area contributed by atoms with E-state index in [0.29, 0.717) is 19.4 Å². The molecule has 0 spiro atoms. The van der Waals surface area contributed by atoms with Crippen molar-refractivity contribution in [3.05, 3.63) is 0 Å². The fourth-order valence-corrected chi connectivity index (χ4v) is 4.03. The molecule has 0 aromatic rings. The average Bonchev–Trinajstić information content (AvgIpc) is 2.95. The molecule has 1 heterocycles. The zero-order valence-electron chi connectivity index (χ0n) is 9.26. The lowest BCUT2D eigenvalue weighted by Crippen LogP contribution is -2.31. The number of rotatable bonds is 4. The van der Waals surface area contributed by atoms with Crippen molar-refractivity contribution in [1.82, 2.24) is 5.32 Å². The largest absolute Gasteiger partial charge is 0.481 e. The van der Waals surface area contributed by atoms with Crippen LogP contribution in [0, 0.1) is 17.8 Å². The van der Waals surface area contributed by atoms with E-state index >= 15 is 0 Å². The highest BCUT2D eigenvalue weighted by Gasteiger charge is 2.48. The van der Waals surface area contributed by atoms with Crippen LogP contribution in [0.4, 0.5) is 0 Å². The number of carbonyl (C=O) groups is 2. The smallest absolute Gasteiger partial charge is 0.307 e. The van der Waals surface area contributed by atoms with Gasteiger partial charge < -0.3 is 10.4 Å². The molecule has 2 aliphatic rings. The zero-order chi connectivity index (χ0) is 12.6. The van der Waals surface area contributed by atoms with E-state index in [1.165, 1.54) is 0 Å². The summed E-state index contributed by atoms with van der Waals surface area (Å²) in [5.74, 6) is -1.89. The standard InChI is InChI=1S/C10H15NO5S/c12-9(7-3-8(7)10(13)14)11-4-6-1-2-17(15,16)5-6/h6-8H,1-5H2,(H,11,12)(H,13,14). The number of nitrogens with one attached hydrogen (secondary N) is 1. The van der Waals surface area contributed by atoms with E-state index in [0.717, 1.165) is 0 Å². The van der Waals surface area contributed by atoms with Crippen LogP contribution in [-0.4, -0.2) is 43.5 Å². The van der Waals surface area contributed by atoms with E-state index < -0.39 is 27.6 Å². The first kappa shape index (κ1) is 12.3. The molecule has 1 aliphatic heterocycles. The van der Waals surface area contributed by atoms with Crippen LogP contribution in [0.25, 0.3) is 0 Å². The van der Waals surface area contributed by atoms with Crippen molar-refractivity contribution in [3.63, 3.8) is 0 Å². The summed E-state index contributed by atoms with van der Waals surface area (Å²) in [5, 5.41) is 11.3. The molecule has 7 heteroatoms. The van der Waals surface area contributed by atoms with Gasteiger partial charge in [-0.3, -0.25) is 9.59 Å². The summed E-state index contributed by atoms with van der Waals surface area (Å²) in [5.41, 5.74) is 0. The van der Waals surface area contributed by atoms with E-state index in [-0.39, 0.29) is 23.3 Å². The van der Waals surface area contributed by atoms with Gasteiger partial charge in [0.05, 0.1) is 23.3 Å². The Morgan fingerprint density at radius 3 is 2.47 bits per heavy atom. The third-order valence-electron chi connectivity index (χ3n) is 3.34. The Labute approximate surface area is 99.3 Å². The maximum Gasteiger partial charge on any atom is 0.307 e. The molecular weight excluding hydrogens is 246 g/mol. The third-order valence-corrected chi connectivity index (χ3v) is 5.17. The van der Waals surface area contributed by atoms with Crippen molar-refractivity contribution in [2.45, 2.75) is 12.8 Å². The second-order valence-electron chi connectivity index (χ2n) is 4.80. The molecule has 2 rings (SSSR count). The second kappa shape index (κ2) is 4.29. The SMILES string of the molecule is O=C(O)C1CC1C(=O)NCC1CCS(=O)(=O)C1. The van der Waals surface area contributed by atoms with Crippen molar-refractivity contribution in [2.24, 2.45) is 17.8 Å². The first-order valence-corrected chi connectivity index (χ1v) is 7.42. The average molecular weight is 261 g/mol. The lowest BCUT2D eigenvalue weighted by atomic mass is 10.1. The molecule has 0 aromatic heterocycles. The predicted octanol–water partition coefficient (Wildman–Crippen LogP) is -0.742. The minimum absolute atomic E-state index is 0.0222. The molecule has 1 saturated heterocycles. The van der Waals surface area contributed by atoms with Gasteiger partial charge in [-0.2, -0.15) is 0 Å². The Balaban J connectivity index is 1.73. The molecule has 0 radical (unpaired) electrons. The van der Waals surface area contributed by atoms with Crippen LogP contribution in [0.1, 0.15) is 12.8 Å². The molecule has 0 bridgehead atoms. The van der Waals surface area contributed by atoms with Crippen LogP contribution >= 0.6 is 0 Å². The van der Waals surface area contributed by atoms with Gasteiger partial charge in [0, 0.05) is 6.54 Å². The number of aliphatic carboxylic acids is 1. The van der Waals surface area contributed by atoms with Gasteiger partial charge in [0.2, 0.25) is 5.91 Å². The summed E-state index contributed by atoms with van der Waals surface area (Å²) in [6.45, 7) is 0.334. The Hall–Kier alpha value is -1.11. The molecule has 2 fully saturated rings. The molecule has 3 atom stereocenters. The normalized spacial score (nSPS) is 34.2. The van der Waals surface area contributed by atoms with Crippen molar-refractivity contribution in [2.75, 3.05) is 18.1 Å². The number of amides is 1. The lowest BCUT2D eigenvalue weighted by Gasteiger charge is -2.08. The molecule has 3 unspecified atom stereocenters. The molecule has 1 amide bonds. The van der Waals surface area contributed by atoms with E-state index in [4.69, 9.17) is 5.11 Å². The van der Waals surface area contributed by atoms with Crippen molar-refractivity contribution in [1.29, 1.82) is 0 Å². The van der Waals surface area contributed by atoms with Crippen LogP contribution < -0.4 is 5.32 Å². The van der Waals surface area contributed by atoms with Gasteiger partial charge >= 0.3 is 5.97 Å². The fourth-order valence-electron chi connectivity index (χ4n) is 2.17. The predicted molar refractivity (Wildman–Crippen MR) is 59.0 cm³/mol. The van der Waals surface area contributed by atoms with Crippen LogP contribution in [0.5, 0.6) is 0 Å². The topological polar surface area (TPSA) is 101 Å². The summed E-state index contributed by atoms with van der Waals surface area (Å²) < 4.78 is 22.4. The number of hydrogen-bond donors (Lipinski definition) is 2. The molecule has 1 saturated carbocycles. The minimum atomic E-state index is -2.92. The van der Waals surface area contributed by atoms with Gasteiger partial charge in [-0.15, -0.1) is 0 Å². The van der Waals surface area contributed by atoms with Gasteiger partial charge in [0.25, 0.3) is 0 Å². The lowest BCUT2D eigenvalue weighted by molar-refractivity contribution is -0.140. The number of hydrogen-bond acceptors (Lipinski definition) is 4. The molecule has 2 N–H and O–H groups in total. The summed E-state index contributed by atoms with van der Waals surface area (Å²) in [6.07, 6.45) is 0.972. The van der Waals surface area contributed by atoms with E-state index in [1.54, 1.807) is 0 Å². The van der Waals surface area contributed by atoms with Crippen molar-refractivity contribution < 1.29 is 23.1 Å². The Bertz CT molecular complexity index is 444. The van der Waals surface area contributed by atoms with Crippen LogP contribution in [0.3, 0.4) is 0 Å². The molecule has 17 heavy (non-hydrogen) atoms. The molecule has 96 valence electrons. The maximum atomic E-state index is 11.5. The summed E-state index contributed by atoms with van der Waals surface area (Å²) in [6, 6.07) is 0. The van der Waals surface area contributed by atoms with E-state index in [9.17, 15) is 18.0 Å². The van der Waals surface area contributed by atoms with Gasteiger partial charge in [-0.05, 0) is 18.8 Å². The number of sulfone groups is 1. The highest BCUT2D eigenvalue weighted by Crippen LogP contribution is 2.38. The number of carbonyl (C=O) groups excluding carboxylic acids is 1. The van der Waals surface area contributed by atoms with Crippen LogP contribution in [-0.2, 0) is 19.4 Å². The first-order chi connectivity index (χ1) is 7.89.